The van der Waals surface area contributed by atoms with Crippen LogP contribution in [0.15, 0.2) is 12.2 Å². The van der Waals surface area contributed by atoms with Gasteiger partial charge in [0.05, 0.1) is 6.61 Å². The Labute approximate surface area is 95.1 Å². The van der Waals surface area contributed by atoms with Crippen molar-refractivity contribution in [2.75, 3.05) is 19.8 Å². The Kier molecular flexibility index (Phi) is 7.71. The molecule has 0 atom stereocenters. The van der Waals surface area contributed by atoms with E-state index in [2.05, 4.69) is 39.6 Å². The Balaban J connectivity index is 3.34. The molecule has 0 saturated heterocycles. The molecule has 90 valence electrons. The first-order valence-electron chi connectivity index (χ1n) is 5.95. The van der Waals surface area contributed by atoms with Crippen molar-refractivity contribution >= 4 is 0 Å². The van der Waals surface area contributed by atoms with Crippen LogP contribution < -0.4 is 5.32 Å². The number of rotatable bonds is 8. The quantitative estimate of drug-likeness (QED) is 0.494. The molecule has 0 aromatic heterocycles. The van der Waals surface area contributed by atoms with E-state index in [0.29, 0.717) is 6.61 Å². The summed E-state index contributed by atoms with van der Waals surface area (Å²) >= 11 is 0. The molecule has 1 N–H and O–H groups in total. The van der Waals surface area contributed by atoms with Crippen molar-refractivity contribution in [1.82, 2.24) is 5.32 Å². The van der Waals surface area contributed by atoms with Crippen molar-refractivity contribution in [2.45, 2.75) is 52.5 Å². The third-order valence-electron chi connectivity index (χ3n) is 2.07. The zero-order chi connectivity index (χ0) is 11.7. The lowest BCUT2D eigenvalue weighted by atomic mass is 10.1. The van der Waals surface area contributed by atoms with Crippen LogP contribution in [0.25, 0.3) is 0 Å². The molecule has 0 fully saturated rings. The van der Waals surface area contributed by atoms with Gasteiger partial charge in [0.1, 0.15) is 0 Å². The molecule has 0 aromatic carbocycles. The number of hydrogen-bond donors (Lipinski definition) is 1. The average molecular weight is 213 g/mol. The van der Waals surface area contributed by atoms with Crippen molar-refractivity contribution in [3.8, 4) is 0 Å². The fourth-order valence-electron chi connectivity index (χ4n) is 1.11. The smallest absolute Gasteiger partial charge is 0.0686 e. The summed E-state index contributed by atoms with van der Waals surface area (Å²) in [5, 5.41) is 3.39. The van der Waals surface area contributed by atoms with E-state index < -0.39 is 0 Å². The van der Waals surface area contributed by atoms with Gasteiger partial charge < -0.3 is 10.1 Å². The molecule has 0 bridgehead atoms. The molecule has 0 spiro atoms. The highest BCUT2D eigenvalue weighted by Crippen LogP contribution is 2.01. The van der Waals surface area contributed by atoms with Crippen LogP contribution in [-0.2, 0) is 4.74 Å². The van der Waals surface area contributed by atoms with Gasteiger partial charge in [0.2, 0.25) is 0 Å². The van der Waals surface area contributed by atoms with Crippen molar-refractivity contribution < 1.29 is 4.74 Å². The van der Waals surface area contributed by atoms with Crippen LogP contribution in [0, 0.1) is 0 Å². The van der Waals surface area contributed by atoms with Crippen LogP contribution >= 0.6 is 0 Å². The van der Waals surface area contributed by atoms with Gasteiger partial charge in [0.15, 0.2) is 0 Å². The van der Waals surface area contributed by atoms with Crippen LogP contribution in [0.3, 0.4) is 0 Å². The van der Waals surface area contributed by atoms with Crippen LogP contribution in [0.2, 0.25) is 0 Å². The van der Waals surface area contributed by atoms with Gasteiger partial charge in [0, 0.05) is 18.7 Å². The molecule has 0 heterocycles. The summed E-state index contributed by atoms with van der Waals surface area (Å²) in [6, 6.07) is 0. The molecule has 2 nitrogen and oxygen atoms in total. The lowest BCUT2D eigenvalue weighted by Crippen LogP contribution is -2.37. The average Bonchev–Trinajstić information content (AvgIpc) is 2.13. The van der Waals surface area contributed by atoms with Gasteiger partial charge in [-0.1, -0.05) is 26.3 Å². The zero-order valence-corrected chi connectivity index (χ0v) is 10.9. The normalized spacial score (nSPS) is 11.7. The lowest BCUT2D eigenvalue weighted by molar-refractivity contribution is 0.149. The highest BCUT2D eigenvalue weighted by atomic mass is 16.5. The Morgan fingerprint density at radius 1 is 1.27 bits per heavy atom. The second-order valence-electron chi connectivity index (χ2n) is 5.11. The van der Waals surface area contributed by atoms with E-state index in [4.69, 9.17) is 4.74 Å². The van der Waals surface area contributed by atoms with Gasteiger partial charge in [-0.15, -0.1) is 0 Å². The van der Waals surface area contributed by atoms with Crippen molar-refractivity contribution in [3.63, 3.8) is 0 Å². The van der Waals surface area contributed by atoms with Gasteiger partial charge in [0.25, 0.3) is 0 Å². The summed E-state index contributed by atoms with van der Waals surface area (Å²) < 4.78 is 5.52. The monoisotopic (exact) mass is 213 g/mol. The van der Waals surface area contributed by atoms with E-state index in [1.807, 2.05) is 0 Å². The van der Waals surface area contributed by atoms with E-state index >= 15 is 0 Å². The minimum absolute atomic E-state index is 0.158. The molecule has 0 saturated carbocycles. The topological polar surface area (TPSA) is 21.3 Å². The van der Waals surface area contributed by atoms with Crippen LogP contribution in [0.5, 0.6) is 0 Å². The third-order valence-corrected chi connectivity index (χ3v) is 2.07. The number of nitrogens with one attached hydrogen (secondary N) is 1. The standard InChI is InChI=1S/C13H27NO/c1-6-7-8-9-15-11-12(2)10-14-13(3,4)5/h14H,2,6-11H2,1,3-5H3. The first kappa shape index (κ1) is 14.7. The Bertz CT molecular complexity index is 170. The van der Waals surface area contributed by atoms with Crippen LogP contribution in [0.1, 0.15) is 47.0 Å². The summed E-state index contributed by atoms with van der Waals surface area (Å²) in [6.07, 6.45) is 3.67. The summed E-state index contributed by atoms with van der Waals surface area (Å²) in [5.41, 5.74) is 1.28. The van der Waals surface area contributed by atoms with E-state index in [1.54, 1.807) is 0 Å². The van der Waals surface area contributed by atoms with Crippen molar-refractivity contribution in [1.29, 1.82) is 0 Å². The Morgan fingerprint density at radius 3 is 2.47 bits per heavy atom. The SMILES string of the molecule is C=C(CNC(C)(C)C)COCCCCC. The summed E-state index contributed by atoms with van der Waals surface area (Å²) in [4.78, 5) is 0. The van der Waals surface area contributed by atoms with Crippen LogP contribution in [-0.4, -0.2) is 25.3 Å². The number of ether oxygens (including phenoxy) is 1. The van der Waals surface area contributed by atoms with Gasteiger partial charge in [-0.2, -0.15) is 0 Å². The van der Waals surface area contributed by atoms with Crippen molar-refractivity contribution in [3.05, 3.63) is 12.2 Å². The molecule has 0 aliphatic heterocycles. The van der Waals surface area contributed by atoms with Crippen LogP contribution in [0.4, 0.5) is 0 Å². The first-order valence-corrected chi connectivity index (χ1v) is 5.95. The molecule has 2 heteroatoms. The maximum absolute atomic E-state index is 5.52. The summed E-state index contributed by atoms with van der Waals surface area (Å²) in [5.74, 6) is 0. The second-order valence-corrected chi connectivity index (χ2v) is 5.11. The third kappa shape index (κ3) is 11.6. The van der Waals surface area contributed by atoms with Gasteiger partial charge in [-0.05, 0) is 32.8 Å². The zero-order valence-electron chi connectivity index (χ0n) is 10.9. The molecule has 0 radical (unpaired) electrons. The predicted octanol–water partition coefficient (Wildman–Crippen LogP) is 3.14. The highest BCUT2D eigenvalue weighted by molar-refractivity contribution is 4.98. The van der Waals surface area contributed by atoms with Gasteiger partial charge >= 0.3 is 0 Å². The lowest BCUT2D eigenvalue weighted by Gasteiger charge is -2.21. The maximum Gasteiger partial charge on any atom is 0.0686 e. The molecular weight excluding hydrogens is 186 g/mol. The van der Waals surface area contributed by atoms with Crippen molar-refractivity contribution in [2.24, 2.45) is 0 Å². The second kappa shape index (κ2) is 7.89. The number of unbranched alkanes of at least 4 members (excludes halogenated alkanes) is 2. The van der Waals surface area contributed by atoms with Gasteiger partial charge in [-0.3, -0.25) is 0 Å². The Hall–Kier alpha value is -0.340. The van der Waals surface area contributed by atoms with E-state index in [-0.39, 0.29) is 5.54 Å². The predicted molar refractivity (Wildman–Crippen MR) is 67.2 cm³/mol. The fraction of sp³-hybridized carbons (Fsp3) is 0.846. The summed E-state index contributed by atoms with van der Waals surface area (Å²) in [7, 11) is 0. The highest BCUT2D eigenvalue weighted by Gasteiger charge is 2.08. The van der Waals surface area contributed by atoms with E-state index in [1.165, 1.54) is 12.8 Å². The summed E-state index contributed by atoms with van der Waals surface area (Å²) in [6.45, 7) is 15.0. The van der Waals surface area contributed by atoms with Gasteiger partial charge in [-0.25, -0.2) is 0 Å². The molecule has 15 heavy (non-hydrogen) atoms. The molecule has 0 aliphatic carbocycles. The molecule has 0 rings (SSSR count). The number of hydrogen-bond acceptors (Lipinski definition) is 2. The first-order chi connectivity index (χ1) is 6.95. The Morgan fingerprint density at radius 2 is 1.93 bits per heavy atom. The molecule has 0 aromatic rings. The van der Waals surface area contributed by atoms with E-state index in [9.17, 15) is 0 Å². The fourth-order valence-corrected chi connectivity index (χ4v) is 1.11. The molecule has 0 unspecified atom stereocenters. The largest absolute Gasteiger partial charge is 0.377 e. The molecule has 0 aliphatic rings. The minimum atomic E-state index is 0.158. The minimum Gasteiger partial charge on any atom is -0.377 e. The molecular formula is C13H27NO. The van der Waals surface area contributed by atoms with E-state index in [0.717, 1.165) is 25.1 Å². The maximum atomic E-state index is 5.52. The molecule has 0 amide bonds.